The molecule has 0 bridgehead atoms. The standard InChI is InChI=1S/C18H22ClO2P/c1-11-7-13(3)17(20-5)15(9-11)22(19)16-10-12(2)8-14(4)18(16)21-6/h7-10H,1-6H3. The van der Waals surface area contributed by atoms with Crippen LogP contribution in [0, 0.1) is 27.7 Å². The van der Waals surface area contributed by atoms with Crippen LogP contribution in [-0.4, -0.2) is 14.2 Å². The Hall–Kier alpha value is -1.24. The van der Waals surface area contributed by atoms with Crippen LogP contribution in [0.4, 0.5) is 0 Å². The lowest BCUT2D eigenvalue weighted by atomic mass is 10.1. The monoisotopic (exact) mass is 336 g/mol. The zero-order chi connectivity index (χ0) is 16.4. The fourth-order valence-corrected chi connectivity index (χ4v) is 5.36. The molecule has 0 heterocycles. The highest BCUT2D eigenvalue weighted by atomic mass is 35.7. The third-order valence-electron chi connectivity index (χ3n) is 3.63. The summed E-state index contributed by atoms with van der Waals surface area (Å²) in [4.78, 5) is 0. The molecule has 0 saturated heterocycles. The van der Waals surface area contributed by atoms with Crippen molar-refractivity contribution in [3.63, 3.8) is 0 Å². The highest BCUT2D eigenvalue weighted by Crippen LogP contribution is 2.46. The minimum Gasteiger partial charge on any atom is -0.496 e. The zero-order valence-corrected chi connectivity index (χ0v) is 15.6. The molecule has 0 saturated carbocycles. The van der Waals surface area contributed by atoms with E-state index < -0.39 is 7.27 Å². The number of hydrogen-bond acceptors (Lipinski definition) is 2. The molecule has 0 N–H and O–H groups in total. The molecule has 0 aliphatic rings. The predicted molar refractivity (Wildman–Crippen MR) is 97.0 cm³/mol. The van der Waals surface area contributed by atoms with Crippen molar-refractivity contribution in [3.8, 4) is 11.5 Å². The molecular formula is C18H22ClO2P. The van der Waals surface area contributed by atoms with Crippen molar-refractivity contribution in [2.75, 3.05) is 14.2 Å². The topological polar surface area (TPSA) is 18.5 Å². The van der Waals surface area contributed by atoms with Gasteiger partial charge in [0.25, 0.3) is 0 Å². The first kappa shape index (κ1) is 17.1. The van der Waals surface area contributed by atoms with Gasteiger partial charge in [-0.3, -0.25) is 0 Å². The van der Waals surface area contributed by atoms with Gasteiger partial charge in [-0.2, -0.15) is 0 Å². The second-order valence-electron chi connectivity index (χ2n) is 5.55. The number of rotatable bonds is 4. The molecule has 0 spiro atoms. The van der Waals surface area contributed by atoms with E-state index in [0.717, 1.165) is 33.2 Å². The average molecular weight is 337 g/mol. The zero-order valence-electron chi connectivity index (χ0n) is 14.0. The Kier molecular flexibility index (Phi) is 5.36. The second kappa shape index (κ2) is 6.89. The van der Waals surface area contributed by atoms with Crippen molar-refractivity contribution >= 4 is 29.1 Å². The van der Waals surface area contributed by atoms with Crippen molar-refractivity contribution in [3.05, 3.63) is 46.5 Å². The molecule has 22 heavy (non-hydrogen) atoms. The van der Waals surface area contributed by atoms with Crippen LogP contribution in [0.1, 0.15) is 22.3 Å². The van der Waals surface area contributed by atoms with Crippen molar-refractivity contribution < 1.29 is 9.47 Å². The molecule has 0 unspecified atom stereocenters. The average Bonchev–Trinajstić information content (AvgIpc) is 2.45. The fourth-order valence-electron chi connectivity index (χ4n) is 2.82. The number of aryl methyl sites for hydroxylation is 4. The maximum Gasteiger partial charge on any atom is 0.130 e. The van der Waals surface area contributed by atoms with Gasteiger partial charge in [-0.25, -0.2) is 0 Å². The SMILES string of the molecule is COc1c(C)cc(C)cc1P(Cl)c1cc(C)cc(C)c1OC. The Morgan fingerprint density at radius 1 is 0.727 bits per heavy atom. The van der Waals surface area contributed by atoms with E-state index in [0.29, 0.717) is 0 Å². The number of halogens is 1. The normalized spacial score (nSPS) is 10.9. The molecule has 2 nitrogen and oxygen atoms in total. The molecular weight excluding hydrogens is 315 g/mol. The van der Waals surface area contributed by atoms with Gasteiger partial charge in [-0.05, 0) is 62.1 Å². The molecule has 0 amide bonds. The molecule has 0 aliphatic carbocycles. The van der Waals surface area contributed by atoms with Gasteiger partial charge in [0, 0.05) is 10.6 Å². The van der Waals surface area contributed by atoms with E-state index in [-0.39, 0.29) is 0 Å². The lowest BCUT2D eigenvalue weighted by Crippen LogP contribution is -2.15. The first-order valence-corrected chi connectivity index (χ1v) is 9.40. The van der Waals surface area contributed by atoms with Gasteiger partial charge in [0.05, 0.1) is 21.5 Å². The minimum absolute atomic E-state index is 0.868. The van der Waals surface area contributed by atoms with Gasteiger partial charge in [0.1, 0.15) is 11.5 Å². The third-order valence-corrected chi connectivity index (χ3v) is 6.23. The van der Waals surface area contributed by atoms with Gasteiger partial charge in [-0.15, -0.1) is 0 Å². The maximum atomic E-state index is 6.89. The van der Waals surface area contributed by atoms with Crippen LogP contribution in [-0.2, 0) is 0 Å². The summed E-state index contributed by atoms with van der Waals surface area (Å²) in [7, 11) is 2.32. The van der Waals surface area contributed by atoms with E-state index in [4.69, 9.17) is 20.7 Å². The predicted octanol–water partition coefficient (Wildman–Crippen LogP) is 4.52. The quantitative estimate of drug-likeness (QED) is 0.764. The van der Waals surface area contributed by atoms with E-state index in [1.54, 1.807) is 14.2 Å². The van der Waals surface area contributed by atoms with E-state index in [1.165, 1.54) is 11.1 Å². The largest absolute Gasteiger partial charge is 0.496 e. The summed E-state index contributed by atoms with van der Waals surface area (Å²) >= 11 is 6.89. The summed E-state index contributed by atoms with van der Waals surface area (Å²) < 4.78 is 11.2. The van der Waals surface area contributed by atoms with Crippen LogP contribution >= 0.6 is 18.5 Å². The highest BCUT2D eigenvalue weighted by molar-refractivity contribution is 7.96. The van der Waals surface area contributed by atoms with Crippen LogP contribution in [0.3, 0.4) is 0 Å². The number of ether oxygens (including phenoxy) is 2. The Bertz CT molecular complexity index is 638. The van der Waals surface area contributed by atoms with Crippen molar-refractivity contribution in [2.24, 2.45) is 0 Å². The van der Waals surface area contributed by atoms with Gasteiger partial charge in [0.2, 0.25) is 0 Å². The molecule has 0 atom stereocenters. The lowest BCUT2D eigenvalue weighted by molar-refractivity contribution is 0.414. The van der Waals surface area contributed by atoms with Gasteiger partial charge >= 0.3 is 0 Å². The summed E-state index contributed by atoms with van der Waals surface area (Å²) in [5, 5.41) is 2.08. The van der Waals surface area contributed by atoms with Crippen molar-refractivity contribution in [2.45, 2.75) is 27.7 Å². The Morgan fingerprint density at radius 2 is 1.09 bits per heavy atom. The lowest BCUT2D eigenvalue weighted by Gasteiger charge is -2.20. The third kappa shape index (κ3) is 3.24. The first-order valence-electron chi connectivity index (χ1n) is 7.15. The van der Waals surface area contributed by atoms with Crippen LogP contribution in [0.25, 0.3) is 0 Å². The summed E-state index contributed by atoms with van der Waals surface area (Å²) in [6, 6.07) is 8.45. The number of benzene rings is 2. The maximum absolute atomic E-state index is 6.89. The highest BCUT2D eigenvalue weighted by Gasteiger charge is 2.22. The van der Waals surface area contributed by atoms with Crippen molar-refractivity contribution in [1.82, 2.24) is 0 Å². The summed E-state index contributed by atoms with van der Waals surface area (Å²) in [6.45, 7) is 8.26. The summed E-state index contributed by atoms with van der Waals surface area (Å²) in [5.74, 6) is 1.74. The molecule has 2 aromatic carbocycles. The summed E-state index contributed by atoms with van der Waals surface area (Å²) in [5.41, 5.74) is 4.58. The Morgan fingerprint density at radius 3 is 1.41 bits per heavy atom. The van der Waals surface area contributed by atoms with Crippen LogP contribution in [0.5, 0.6) is 11.5 Å². The van der Waals surface area contributed by atoms with Crippen LogP contribution < -0.4 is 20.1 Å². The smallest absolute Gasteiger partial charge is 0.130 e. The molecule has 0 aromatic heterocycles. The van der Waals surface area contributed by atoms with Gasteiger partial charge < -0.3 is 9.47 Å². The molecule has 2 rings (SSSR count). The number of methoxy groups -OCH3 is 2. The second-order valence-corrected chi connectivity index (χ2v) is 8.09. The van der Waals surface area contributed by atoms with Crippen molar-refractivity contribution in [1.29, 1.82) is 0 Å². The van der Waals surface area contributed by atoms with E-state index in [1.807, 2.05) is 13.8 Å². The van der Waals surface area contributed by atoms with Crippen LogP contribution in [0.15, 0.2) is 24.3 Å². The fraction of sp³-hybridized carbons (Fsp3) is 0.333. The molecule has 0 fully saturated rings. The van der Waals surface area contributed by atoms with Gasteiger partial charge in [-0.1, -0.05) is 23.4 Å². The number of hydrogen-bond donors (Lipinski definition) is 0. The van der Waals surface area contributed by atoms with E-state index >= 15 is 0 Å². The first-order chi connectivity index (χ1) is 10.4. The Labute approximate surface area is 139 Å². The molecule has 118 valence electrons. The minimum atomic E-state index is -1.07. The van der Waals surface area contributed by atoms with Crippen LogP contribution in [0.2, 0.25) is 0 Å². The Balaban J connectivity index is 2.65. The molecule has 4 heteroatoms. The van der Waals surface area contributed by atoms with Gasteiger partial charge in [0.15, 0.2) is 0 Å². The molecule has 2 aromatic rings. The van der Waals surface area contributed by atoms with E-state index in [9.17, 15) is 0 Å². The molecule has 0 aliphatic heterocycles. The molecule has 0 radical (unpaired) electrons. The summed E-state index contributed by atoms with van der Waals surface area (Å²) in [6.07, 6.45) is 0. The van der Waals surface area contributed by atoms with E-state index in [2.05, 4.69) is 38.1 Å².